The molecule has 2 nitrogen and oxygen atoms in total. The van der Waals surface area contributed by atoms with Crippen LogP contribution in [0.4, 0.5) is 0 Å². The highest BCUT2D eigenvalue weighted by molar-refractivity contribution is 9.09. The maximum atomic E-state index is 5.28. The summed E-state index contributed by atoms with van der Waals surface area (Å²) in [5.41, 5.74) is 0. The first-order valence-corrected chi connectivity index (χ1v) is 4.04. The summed E-state index contributed by atoms with van der Waals surface area (Å²) in [6.07, 6.45) is 0.0689. The van der Waals surface area contributed by atoms with Gasteiger partial charge in [0, 0.05) is 23.8 Å². The summed E-state index contributed by atoms with van der Waals surface area (Å²) in [5.74, 6) is 1.37. The van der Waals surface area contributed by atoms with E-state index in [1.807, 2.05) is 0 Å². The lowest BCUT2D eigenvalue weighted by Crippen LogP contribution is -2.15. The Kier molecular flexibility index (Phi) is 1.32. The molecule has 0 spiro atoms. The highest BCUT2D eigenvalue weighted by Crippen LogP contribution is 2.53. The highest BCUT2D eigenvalue weighted by Gasteiger charge is 2.58. The zero-order valence-corrected chi connectivity index (χ0v) is 6.80. The van der Waals surface area contributed by atoms with Crippen molar-refractivity contribution in [2.45, 2.75) is 11.1 Å². The van der Waals surface area contributed by atoms with E-state index in [-0.39, 0.29) is 6.29 Å². The van der Waals surface area contributed by atoms with Crippen LogP contribution in [0, 0.1) is 11.8 Å². The molecule has 1 saturated heterocycles. The van der Waals surface area contributed by atoms with Crippen LogP contribution in [0.5, 0.6) is 0 Å². The van der Waals surface area contributed by atoms with Crippen molar-refractivity contribution in [2.75, 3.05) is 13.7 Å². The van der Waals surface area contributed by atoms with Gasteiger partial charge in [-0.25, -0.2) is 0 Å². The molecule has 2 aliphatic rings. The molecule has 0 amide bonds. The summed E-state index contributed by atoms with van der Waals surface area (Å²) in [5, 5.41) is 0. The lowest BCUT2D eigenvalue weighted by molar-refractivity contribution is -0.108. The van der Waals surface area contributed by atoms with Crippen LogP contribution in [0.25, 0.3) is 0 Å². The Morgan fingerprint density at radius 2 is 2.44 bits per heavy atom. The minimum atomic E-state index is 0.0689. The Hall–Kier alpha value is 0.400. The first kappa shape index (κ1) is 6.13. The molecular weight excluding hydrogens is 184 g/mol. The van der Waals surface area contributed by atoms with Gasteiger partial charge in [-0.2, -0.15) is 0 Å². The standard InChI is InChI=1S/C6H9BrO2/c1-8-6-4-3(2-9-6)5(4)7/h3-6H,2H2,1H3/t3-,4+,5-,6-/m1/s1. The second-order valence-electron chi connectivity index (χ2n) is 2.62. The zero-order chi connectivity index (χ0) is 6.43. The summed E-state index contributed by atoms with van der Waals surface area (Å²) >= 11 is 3.55. The van der Waals surface area contributed by atoms with E-state index in [2.05, 4.69) is 15.9 Å². The van der Waals surface area contributed by atoms with E-state index in [9.17, 15) is 0 Å². The number of halogens is 1. The first-order valence-electron chi connectivity index (χ1n) is 3.13. The molecule has 1 aliphatic carbocycles. The van der Waals surface area contributed by atoms with Gasteiger partial charge in [-0.1, -0.05) is 15.9 Å². The minimum Gasteiger partial charge on any atom is -0.356 e. The molecule has 0 N–H and O–H groups in total. The van der Waals surface area contributed by atoms with Gasteiger partial charge < -0.3 is 9.47 Å². The van der Waals surface area contributed by atoms with Crippen molar-refractivity contribution in [3.8, 4) is 0 Å². The molecule has 0 radical (unpaired) electrons. The van der Waals surface area contributed by atoms with E-state index in [4.69, 9.17) is 9.47 Å². The largest absolute Gasteiger partial charge is 0.356 e. The molecule has 0 aromatic carbocycles. The van der Waals surface area contributed by atoms with Gasteiger partial charge in [0.05, 0.1) is 6.61 Å². The number of hydrogen-bond acceptors (Lipinski definition) is 2. The van der Waals surface area contributed by atoms with Gasteiger partial charge in [0.1, 0.15) is 0 Å². The molecule has 1 heterocycles. The molecule has 4 atom stereocenters. The fourth-order valence-corrected chi connectivity index (χ4v) is 2.42. The molecule has 3 heteroatoms. The van der Waals surface area contributed by atoms with E-state index in [1.54, 1.807) is 7.11 Å². The fraction of sp³-hybridized carbons (Fsp3) is 1.00. The lowest BCUT2D eigenvalue weighted by Gasteiger charge is -2.09. The van der Waals surface area contributed by atoms with Crippen LogP contribution in [-0.4, -0.2) is 24.8 Å². The molecule has 52 valence electrons. The predicted octanol–water partition coefficient (Wildman–Crippen LogP) is 0.999. The average Bonchev–Trinajstić information content (AvgIpc) is 2.41. The fourth-order valence-electron chi connectivity index (χ4n) is 1.45. The molecule has 0 aromatic rings. The number of ether oxygens (including phenoxy) is 2. The molecule has 0 unspecified atom stereocenters. The molecule has 2 fully saturated rings. The van der Waals surface area contributed by atoms with Gasteiger partial charge in [0.25, 0.3) is 0 Å². The van der Waals surface area contributed by atoms with E-state index in [1.165, 1.54) is 0 Å². The van der Waals surface area contributed by atoms with Crippen molar-refractivity contribution < 1.29 is 9.47 Å². The molecule has 2 rings (SSSR count). The third kappa shape index (κ3) is 0.751. The zero-order valence-electron chi connectivity index (χ0n) is 5.21. The van der Waals surface area contributed by atoms with Crippen molar-refractivity contribution in [2.24, 2.45) is 11.8 Å². The smallest absolute Gasteiger partial charge is 0.161 e. The second-order valence-corrected chi connectivity index (χ2v) is 3.68. The maximum Gasteiger partial charge on any atom is 0.161 e. The molecule has 1 aliphatic heterocycles. The normalized spacial score (nSPS) is 55.3. The Bertz CT molecular complexity index is 128. The summed E-state index contributed by atoms with van der Waals surface area (Å²) in [7, 11) is 1.70. The number of rotatable bonds is 1. The van der Waals surface area contributed by atoms with Crippen LogP contribution in [-0.2, 0) is 9.47 Å². The van der Waals surface area contributed by atoms with Gasteiger partial charge in [0.15, 0.2) is 6.29 Å². The molecule has 0 bridgehead atoms. The van der Waals surface area contributed by atoms with Crippen molar-refractivity contribution >= 4 is 15.9 Å². The minimum absolute atomic E-state index is 0.0689. The van der Waals surface area contributed by atoms with Gasteiger partial charge in [-0.15, -0.1) is 0 Å². The van der Waals surface area contributed by atoms with Gasteiger partial charge in [-0.3, -0.25) is 0 Å². The predicted molar refractivity (Wildman–Crippen MR) is 36.4 cm³/mol. The number of methoxy groups -OCH3 is 1. The molecular formula is C6H9BrO2. The van der Waals surface area contributed by atoms with Crippen molar-refractivity contribution in [1.29, 1.82) is 0 Å². The molecule has 1 saturated carbocycles. The van der Waals surface area contributed by atoms with Crippen LogP contribution in [0.1, 0.15) is 0 Å². The van der Waals surface area contributed by atoms with Crippen LogP contribution < -0.4 is 0 Å². The number of hydrogen-bond donors (Lipinski definition) is 0. The van der Waals surface area contributed by atoms with E-state index in [0.717, 1.165) is 12.5 Å². The SMILES string of the molecule is CO[C@@H]1OC[C@H]2[C@@H](Br)[C@@H]12. The lowest BCUT2D eigenvalue weighted by atomic mass is 10.4. The monoisotopic (exact) mass is 192 g/mol. The van der Waals surface area contributed by atoms with Crippen LogP contribution in [0.15, 0.2) is 0 Å². The third-order valence-corrected chi connectivity index (χ3v) is 3.42. The van der Waals surface area contributed by atoms with E-state index >= 15 is 0 Å². The average molecular weight is 193 g/mol. The van der Waals surface area contributed by atoms with Crippen LogP contribution >= 0.6 is 15.9 Å². The van der Waals surface area contributed by atoms with E-state index < -0.39 is 0 Å². The Morgan fingerprint density at radius 1 is 1.67 bits per heavy atom. The summed E-state index contributed by atoms with van der Waals surface area (Å²) in [6, 6.07) is 0. The molecule has 9 heavy (non-hydrogen) atoms. The van der Waals surface area contributed by atoms with Crippen molar-refractivity contribution in [1.82, 2.24) is 0 Å². The van der Waals surface area contributed by atoms with Gasteiger partial charge >= 0.3 is 0 Å². The van der Waals surface area contributed by atoms with Gasteiger partial charge in [0.2, 0.25) is 0 Å². The van der Waals surface area contributed by atoms with Gasteiger partial charge in [-0.05, 0) is 0 Å². The summed E-state index contributed by atoms with van der Waals surface area (Å²) < 4.78 is 10.4. The number of alkyl halides is 1. The summed E-state index contributed by atoms with van der Waals surface area (Å²) in [4.78, 5) is 0.663. The van der Waals surface area contributed by atoms with Crippen LogP contribution in [0.2, 0.25) is 0 Å². The molecule has 0 aromatic heterocycles. The first-order chi connectivity index (χ1) is 4.34. The second kappa shape index (κ2) is 1.94. The Morgan fingerprint density at radius 3 is 2.78 bits per heavy atom. The maximum absolute atomic E-state index is 5.28. The quantitative estimate of drug-likeness (QED) is 0.578. The van der Waals surface area contributed by atoms with Crippen LogP contribution in [0.3, 0.4) is 0 Å². The highest BCUT2D eigenvalue weighted by atomic mass is 79.9. The topological polar surface area (TPSA) is 18.5 Å². The number of fused-ring (bicyclic) bond motifs is 1. The Balaban J connectivity index is 1.99. The Labute approximate surface area is 62.6 Å². The summed E-state index contributed by atoms with van der Waals surface area (Å²) in [6.45, 7) is 0.874. The van der Waals surface area contributed by atoms with Crippen molar-refractivity contribution in [3.05, 3.63) is 0 Å². The third-order valence-electron chi connectivity index (χ3n) is 2.13. The van der Waals surface area contributed by atoms with E-state index in [0.29, 0.717) is 10.7 Å². The van der Waals surface area contributed by atoms with Crippen molar-refractivity contribution in [3.63, 3.8) is 0 Å².